The summed E-state index contributed by atoms with van der Waals surface area (Å²) in [5.74, 6) is -2.39. The first-order valence-corrected chi connectivity index (χ1v) is 4.64. The minimum absolute atomic E-state index is 0.375. The maximum Gasteiger partial charge on any atom is 0.295 e. The van der Waals surface area contributed by atoms with E-state index in [1.807, 2.05) is 0 Å². The summed E-state index contributed by atoms with van der Waals surface area (Å²) in [5.41, 5.74) is 8.02. The molecule has 0 aliphatic carbocycles. The van der Waals surface area contributed by atoms with Gasteiger partial charge in [0.1, 0.15) is 11.8 Å². The monoisotopic (exact) mass is 259 g/mol. The number of halogens is 1. The van der Waals surface area contributed by atoms with Crippen molar-refractivity contribution in [3.05, 3.63) is 33.6 Å². The van der Waals surface area contributed by atoms with Crippen molar-refractivity contribution in [1.82, 2.24) is 0 Å². The van der Waals surface area contributed by atoms with Crippen LogP contribution < -0.4 is 11.5 Å². The molecule has 1 rings (SSSR count). The Balaban J connectivity index is 3.26. The van der Waals surface area contributed by atoms with E-state index < -0.39 is 40.2 Å². The Kier molecular flexibility index (Phi) is 3.79. The summed E-state index contributed by atoms with van der Waals surface area (Å²) >= 11 is 0. The molecule has 98 valence electrons. The van der Waals surface area contributed by atoms with Crippen LogP contribution in [0.15, 0.2) is 12.1 Å². The summed E-state index contributed by atoms with van der Waals surface area (Å²) in [4.78, 5) is 20.3. The predicted octanol–water partition coefficient (Wildman–Crippen LogP) is -0.804. The summed E-state index contributed by atoms with van der Waals surface area (Å²) in [6.07, 6.45) is -3.89. The summed E-state index contributed by atoms with van der Waals surface area (Å²) in [6, 6.07) is 1.44. The maximum absolute atomic E-state index is 13.3. The molecule has 0 spiro atoms. The van der Waals surface area contributed by atoms with Gasteiger partial charge in [-0.1, -0.05) is 0 Å². The number of carbonyl (C=O) groups is 1. The Bertz CT molecular complexity index is 507. The first-order chi connectivity index (χ1) is 8.25. The molecule has 1 aromatic carbocycles. The van der Waals surface area contributed by atoms with Crippen LogP contribution >= 0.6 is 0 Å². The zero-order valence-electron chi connectivity index (χ0n) is 8.91. The van der Waals surface area contributed by atoms with Gasteiger partial charge in [0.05, 0.1) is 4.92 Å². The third kappa shape index (κ3) is 2.52. The SMILES string of the molecule is NC(=O)C(O)C(O)c1cc(F)c(N)c([N+](=O)[O-])c1. The van der Waals surface area contributed by atoms with Gasteiger partial charge in [0.15, 0.2) is 11.9 Å². The highest BCUT2D eigenvalue weighted by Crippen LogP contribution is 2.29. The van der Waals surface area contributed by atoms with Crippen LogP contribution in [0.25, 0.3) is 0 Å². The molecule has 1 aromatic rings. The average Bonchev–Trinajstić information content (AvgIpc) is 2.29. The Hall–Kier alpha value is -2.26. The molecule has 6 N–H and O–H groups in total. The lowest BCUT2D eigenvalue weighted by Gasteiger charge is -2.15. The molecule has 9 heteroatoms. The molecule has 0 aliphatic heterocycles. The highest BCUT2D eigenvalue weighted by atomic mass is 19.1. The third-order valence-electron chi connectivity index (χ3n) is 2.26. The van der Waals surface area contributed by atoms with Crippen LogP contribution in [0.3, 0.4) is 0 Å². The molecule has 18 heavy (non-hydrogen) atoms. The normalized spacial score (nSPS) is 13.9. The van der Waals surface area contributed by atoms with Crippen molar-refractivity contribution >= 4 is 17.3 Å². The zero-order chi connectivity index (χ0) is 14.0. The van der Waals surface area contributed by atoms with E-state index in [1.54, 1.807) is 0 Å². The number of benzene rings is 1. The Morgan fingerprint density at radius 3 is 2.44 bits per heavy atom. The fourth-order valence-electron chi connectivity index (χ4n) is 1.28. The van der Waals surface area contributed by atoms with E-state index in [0.717, 1.165) is 6.07 Å². The van der Waals surface area contributed by atoms with Crippen LogP contribution in [0.2, 0.25) is 0 Å². The van der Waals surface area contributed by atoms with Gasteiger partial charge in [0, 0.05) is 6.07 Å². The van der Waals surface area contributed by atoms with Crippen LogP contribution in [-0.4, -0.2) is 27.1 Å². The molecular formula is C9H10FN3O5. The lowest BCUT2D eigenvalue weighted by Crippen LogP contribution is -2.33. The first-order valence-electron chi connectivity index (χ1n) is 4.64. The largest absolute Gasteiger partial charge is 0.391 e. The number of anilines is 1. The molecule has 0 saturated heterocycles. The first kappa shape index (κ1) is 13.8. The molecular weight excluding hydrogens is 249 g/mol. The van der Waals surface area contributed by atoms with E-state index in [1.165, 1.54) is 0 Å². The lowest BCUT2D eigenvalue weighted by molar-refractivity contribution is -0.384. The number of aliphatic hydroxyl groups is 2. The number of hydrogen-bond donors (Lipinski definition) is 4. The van der Waals surface area contributed by atoms with Crippen LogP contribution in [0.5, 0.6) is 0 Å². The fraction of sp³-hybridized carbons (Fsp3) is 0.222. The van der Waals surface area contributed by atoms with E-state index >= 15 is 0 Å². The van der Waals surface area contributed by atoms with E-state index in [9.17, 15) is 29.5 Å². The van der Waals surface area contributed by atoms with Gasteiger partial charge in [0.25, 0.3) is 5.69 Å². The Morgan fingerprint density at radius 2 is 2.00 bits per heavy atom. The number of nitro groups is 1. The zero-order valence-corrected chi connectivity index (χ0v) is 8.91. The van der Waals surface area contributed by atoms with Crippen LogP contribution in [0.1, 0.15) is 11.7 Å². The van der Waals surface area contributed by atoms with Gasteiger partial charge in [-0.15, -0.1) is 0 Å². The number of amides is 1. The predicted molar refractivity (Wildman–Crippen MR) is 57.6 cm³/mol. The quantitative estimate of drug-likeness (QED) is 0.315. The summed E-state index contributed by atoms with van der Waals surface area (Å²) in [5, 5.41) is 29.3. The van der Waals surface area contributed by atoms with Crippen molar-refractivity contribution in [2.45, 2.75) is 12.2 Å². The number of hydrogen-bond acceptors (Lipinski definition) is 6. The molecule has 0 fully saturated rings. The van der Waals surface area contributed by atoms with Gasteiger partial charge in [-0.3, -0.25) is 14.9 Å². The topological polar surface area (TPSA) is 153 Å². The number of aliphatic hydroxyl groups excluding tert-OH is 2. The lowest BCUT2D eigenvalue weighted by atomic mass is 10.0. The number of rotatable bonds is 4. The maximum atomic E-state index is 13.3. The molecule has 2 atom stereocenters. The molecule has 2 unspecified atom stereocenters. The second-order valence-electron chi connectivity index (χ2n) is 3.48. The second kappa shape index (κ2) is 4.94. The number of primary amides is 1. The molecule has 0 aliphatic rings. The minimum atomic E-state index is -2.01. The van der Waals surface area contributed by atoms with E-state index in [0.29, 0.717) is 6.07 Å². The Morgan fingerprint density at radius 1 is 1.44 bits per heavy atom. The highest BCUT2D eigenvalue weighted by molar-refractivity contribution is 5.79. The van der Waals surface area contributed by atoms with Gasteiger partial charge < -0.3 is 21.7 Å². The average molecular weight is 259 g/mol. The standard InChI is InChI=1S/C9H10FN3O5/c10-4-1-3(7(14)8(15)9(12)16)2-5(6(4)11)13(17)18/h1-2,7-8,14-15H,11H2,(H2,12,16). The summed E-state index contributed by atoms with van der Waals surface area (Å²) in [6.45, 7) is 0. The molecule has 0 saturated carbocycles. The van der Waals surface area contributed by atoms with E-state index in [4.69, 9.17) is 11.5 Å². The van der Waals surface area contributed by atoms with Crippen LogP contribution in [0.4, 0.5) is 15.8 Å². The van der Waals surface area contributed by atoms with Crippen molar-refractivity contribution in [1.29, 1.82) is 0 Å². The van der Waals surface area contributed by atoms with Crippen molar-refractivity contribution in [2.24, 2.45) is 5.73 Å². The van der Waals surface area contributed by atoms with Gasteiger partial charge in [-0.2, -0.15) is 0 Å². The van der Waals surface area contributed by atoms with Crippen LogP contribution in [-0.2, 0) is 4.79 Å². The molecule has 0 bridgehead atoms. The van der Waals surface area contributed by atoms with E-state index in [2.05, 4.69) is 0 Å². The number of nitro benzene ring substituents is 1. The molecule has 0 radical (unpaired) electrons. The van der Waals surface area contributed by atoms with Crippen molar-refractivity contribution in [3.8, 4) is 0 Å². The van der Waals surface area contributed by atoms with Gasteiger partial charge >= 0.3 is 0 Å². The van der Waals surface area contributed by atoms with Gasteiger partial charge in [-0.25, -0.2) is 4.39 Å². The number of carbonyl (C=O) groups excluding carboxylic acids is 1. The number of nitrogens with zero attached hydrogens (tertiary/aromatic N) is 1. The van der Waals surface area contributed by atoms with E-state index in [-0.39, 0.29) is 5.56 Å². The third-order valence-corrected chi connectivity index (χ3v) is 2.26. The number of nitrogens with two attached hydrogens (primary N) is 2. The molecule has 1 amide bonds. The molecule has 8 nitrogen and oxygen atoms in total. The number of nitrogen functional groups attached to an aromatic ring is 1. The summed E-state index contributed by atoms with van der Waals surface area (Å²) in [7, 11) is 0. The molecule has 0 aromatic heterocycles. The van der Waals surface area contributed by atoms with Crippen LogP contribution in [0, 0.1) is 15.9 Å². The minimum Gasteiger partial charge on any atom is -0.391 e. The smallest absolute Gasteiger partial charge is 0.295 e. The molecule has 0 heterocycles. The van der Waals surface area contributed by atoms with Crippen molar-refractivity contribution in [2.75, 3.05) is 5.73 Å². The van der Waals surface area contributed by atoms with Crippen molar-refractivity contribution in [3.63, 3.8) is 0 Å². The van der Waals surface area contributed by atoms with Crippen molar-refractivity contribution < 1.29 is 24.3 Å². The highest BCUT2D eigenvalue weighted by Gasteiger charge is 2.27. The second-order valence-corrected chi connectivity index (χ2v) is 3.48. The van der Waals surface area contributed by atoms with Gasteiger partial charge in [-0.05, 0) is 11.6 Å². The summed E-state index contributed by atoms with van der Waals surface area (Å²) < 4.78 is 13.3. The van der Waals surface area contributed by atoms with Gasteiger partial charge in [0.2, 0.25) is 5.91 Å². The Labute approximate surface area is 99.8 Å². The fourth-order valence-corrected chi connectivity index (χ4v) is 1.28.